The third-order valence-corrected chi connectivity index (χ3v) is 5.03. The minimum absolute atomic E-state index is 0.0595. The molecule has 172 valence electrons. The van der Waals surface area contributed by atoms with Crippen LogP contribution in [0.5, 0.6) is 0 Å². The molecule has 0 radical (unpaired) electrons. The van der Waals surface area contributed by atoms with Crippen LogP contribution in [0.25, 0.3) is 0 Å². The number of carbonyl (C=O) groups is 5. The van der Waals surface area contributed by atoms with E-state index in [0.717, 1.165) is 0 Å². The van der Waals surface area contributed by atoms with Crippen molar-refractivity contribution in [3.63, 3.8) is 0 Å². The predicted molar refractivity (Wildman–Crippen MR) is 115 cm³/mol. The van der Waals surface area contributed by atoms with Gasteiger partial charge in [-0.15, -0.1) is 0 Å². The fraction of sp³-hybridized carbons (Fsp3) is 0.706. The summed E-state index contributed by atoms with van der Waals surface area (Å²) in [5.41, 5.74) is 5.78. The molecule has 0 aromatic rings. The number of amides is 3. The number of nitrogens with two attached hydrogens (primary N) is 1. The van der Waals surface area contributed by atoms with Gasteiger partial charge in [0, 0.05) is 5.75 Å². The van der Waals surface area contributed by atoms with Gasteiger partial charge in [0.05, 0.1) is 12.5 Å². The third kappa shape index (κ3) is 10.2. The number of carboxylic acid groups (broad SMARTS) is 2. The minimum atomic E-state index is -1.65. The van der Waals surface area contributed by atoms with Gasteiger partial charge in [-0.2, -0.15) is 24.4 Å². The first kappa shape index (κ1) is 28.0. The van der Waals surface area contributed by atoms with E-state index in [1.54, 1.807) is 13.8 Å². The molecule has 0 aliphatic rings. The van der Waals surface area contributed by atoms with Gasteiger partial charge < -0.3 is 31.9 Å². The summed E-state index contributed by atoms with van der Waals surface area (Å²) >= 11 is 5.58. The van der Waals surface area contributed by atoms with Crippen LogP contribution in [-0.4, -0.2) is 81.8 Å². The van der Waals surface area contributed by atoms with Crippen molar-refractivity contribution < 1.29 is 34.2 Å². The van der Waals surface area contributed by atoms with Crippen molar-refractivity contribution in [1.29, 1.82) is 0 Å². The maximum atomic E-state index is 12.6. The first-order valence-electron chi connectivity index (χ1n) is 9.15. The molecule has 13 heteroatoms. The zero-order chi connectivity index (χ0) is 23.4. The summed E-state index contributed by atoms with van der Waals surface area (Å²) in [6.07, 6.45) is 1.48. The highest BCUT2D eigenvalue weighted by Gasteiger charge is 2.32. The molecule has 7 N–H and O–H groups in total. The van der Waals surface area contributed by atoms with Crippen LogP contribution in [0.2, 0.25) is 0 Å². The Morgan fingerprint density at radius 2 is 1.53 bits per heavy atom. The lowest BCUT2D eigenvalue weighted by Crippen LogP contribution is -2.59. The molecule has 0 spiro atoms. The zero-order valence-corrected chi connectivity index (χ0v) is 18.8. The van der Waals surface area contributed by atoms with E-state index in [-0.39, 0.29) is 5.75 Å². The molecule has 30 heavy (non-hydrogen) atoms. The molecule has 0 saturated carbocycles. The summed E-state index contributed by atoms with van der Waals surface area (Å²) in [5, 5.41) is 24.9. The smallest absolute Gasteiger partial charge is 0.326 e. The Morgan fingerprint density at radius 3 is 1.97 bits per heavy atom. The van der Waals surface area contributed by atoms with Crippen molar-refractivity contribution in [2.45, 2.75) is 50.9 Å². The predicted octanol–water partition coefficient (Wildman–Crippen LogP) is -1.33. The quantitative estimate of drug-likeness (QED) is 0.152. The Hall–Kier alpha value is -1.99. The van der Waals surface area contributed by atoms with Crippen molar-refractivity contribution in [2.75, 3.05) is 17.8 Å². The van der Waals surface area contributed by atoms with Crippen LogP contribution in [0, 0.1) is 5.92 Å². The summed E-state index contributed by atoms with van der Waals surface area (Å²) in [5.74, 6) is -4.84. The van der Waals surface area contributed by atoms with Crippen molar-refractivity contribution in [3.05, 3.63) is 0 Å². The van der Waals surface area contributed by atoms with E-state index in [0.29, 0.717) is 12.2 Å². The number of hydrogen-bond donors (Lipinski definition) is 7. The fourth-order valence-corrected chi connectivity index (χ4v) is 3.02. The van der Waals surface area contributed by atoms with Gasteiger partial charge in [-0.05, 0) is 24.3 Å². The van der Waals surface area contributed by atoms with E-state index in [9.17, 15) is 24.0 Å². The summed E-state index contributed by atoms with van der Waals surface area (Å²) in [6.45, 7) is 3.23. The second-order valence-corrected chi connectivity index (χ2v) is 8.21. The highest BCUT2D eigenvalue weighted by atomic mass is 32.2. The number of nitrogens with one attached hydrogen (secondary N) is 3. The topological polar surface area (TPSA) is 188 Å². The van der Waals surface area contributed by atoms with Crippen LogP contribution in [-0.2, 0) is 24.0 Å². The van der Waals surface area contributed by atoms with Crippen LogP contribution in [0.4, 0.5) is 0 Å². The second kappa shape index (κ2) is 14.1. The molecule has 0 aliphatic carbocycles. The third-order valence-electron chi connectivity index (χ3n) is 4.03. The first-order valence-corrected chi connectivity index (χ1v) is 11.2. The minimum Gasteiger partial charge on any atom is -0.481 e. The van der Waals surface area contributed by atoms with E-state index in [2.05, 4.69) is 28.6 Å². The molecule has 4 atom stereocenters. The highest BCUT2D eigenvalue weighted by Crippen LogP contribution is 2.06. The maximum Gasteiger partial charge on any atom is 0.326 e. The normalized spacial score (nSPS) is 14.9. The summed E-state index contributed by atoms with van der Waals surface area (Å²) in [6, 6.07) is -4.67. The number of hydrogen-bond acceptors (Lipinski definition) is 8. The van der Waals surface area contributed by atoms with Gasteiger partial charge in [0.25, 0.3) is 0 Å². The van der Waals surface area contributed by atoms with E-state index in [1.807, 2.05) is 6.26 Å². The van der Waals surface area contributed by atoms with E-state index in [1.165, 1.54) is 11.8 Å². The van der Waals surface area contributed by atoms with Gasteiger partial charge in [0.2, 0.25) is 17.7 Å². The fourth-order valence-electron chi connectivity index (χ4n) is 2.27. The van der Waals surface area contributed by atoms with E-state index >= 15 is 0 Å². The summed E-state index contributed by atoms with van der Waals surface area (Å²) in [4.78, 5) is 59.1. The largest absolute Gasteiger partial charge is 0.481 e. The van der Waals surface area contributed by atoms with Crippen LogP contribution >= 0.6 is 24.4 Å². The zero-order valence-electron chi connectivity index (χ0n) is 17.1. The SMILES string of the molecule is CSCCC(N)C(=O)NC(CS)C(=O)NC(C(=O)NC(CC(=O)O)C(=O)O)C(C)C. The van der Waals surface area contributed by atoms with Gasteiger partial charge in [0.15, 0.2) is 0 Å². The lowest BCUT2D eigenvalue weighted by atomic mass is 10.0. The lowest BCUT2D eigenvalue weighted by Gasteiger charge is -2.26. The Labute approximate surface area is 184 Å². The van der Waals surface area contributed by atoms with Crippen molar-refractivity contribution in [3.8, 4) is 0 Å². The molecule has 0 fully saturated rings. The van der Waals surface area contributed by atoms with Gasteiger partial charge in [-0.25, -0.2) is 4.79 Å². The van der Waals surface area contributed by atoms with Crippen LogP contribution in [0.3, 0.4) is 0 Å². The number of carbonyl (C=O) groups excluding carboxylic acids is 3. The molecule has 0 saturated heterocycles. The van der Waals surface area contributed by atoms with Crippen LogP contribution < -0.4 is 21.7 Å². The Morgan fingerprint density at radius 1 is 0.967 bits per heavy atom. The van der Waals surface area contributed by atoms with E-state index < -0.39 is 66.2 Å². The second-order valence-electron chi connectivity index (χ2n) is 6.86. The molecule has 0 aliphatic heterocycles. The molecule has 0 aromatic carbocycles. The summed E-state index contributed by atoms with van der Waals surface area (Å²) in [7, 11) is 0. The average molecular weight is 467 g/mol. The van der Waals surface area contributed by atoms with Gasteiger partial charge in [-0.1, -0.05) is 13.8 Å². The number of carboxylic acids is 2. The Balaban J connectivity index is 5.14. The highest BCUT2D eigenvalue weighted by molar-refractivity contribution is 7.98. The molecule has 3 amide bonds. The molecule has 0 bridgehead atoms. The Bertz CT molecular complexity index is 633. The van der Waals surface area contributed by atoms with Crippen LogP contribution in [0.1, 0.15) is 26.7 Å². The number of thioether (sulfide) groups is 1. The first-order chi connectivity index (χ1) is 13.9. The molecule has 0 heterocycles. The van der Waals surface area contributed by atoms with Crippen molar-refractivity contribution >= 4 is 54.1 Å². The number of rotatable bonds is 14. The average Bonchev–Trinajstić information content (AvgIpc) is 2.66. The molecular weight excluding hydrogens is 436 g/mol. The van der Waals surface area contributed by atoms with Gasteiger partial charge >= 0.3 is 11.9 Å². The molecule has 0 rings (SSSR count). The molecule has 4 unspecified atom stereocenters. The van der Waals surface area contributed by atoms with Crippen LogP contribution in [0.15, 0.2) is 0 Å². The molecule has 11 nitrogen and oxygen atoms in total. The monoisotopic (exact) mass is 466 g/mol. The standard InChI is InChI=1S/C17H30N4O7S2/c1-8(2)13(16(26)19-10(17(27)28)6-12(22)23)21-15(25)11(7-29)20-14(24)9(18)4-5-30-3/h8-11,13,29H,4-7,18H2,1-3H3,(H,19,26)(H,20,24)(H,21,25)(H,22,23)(H,27,28). The lowest BCUT2D eigenvalue weighted by molar-refractivity contribution is -0.147. The molecule has 0 aromatic heterocycles. The van der Waals surface area contributed by atoms with Crippen molar-refractivity contribution in [2.24, 2.45) is 11.7 Å². The molecular formula is C17H30N4O7S2. The van der Waals surface area contributed by atoms with Crippen molar-refractivity contribution in [1.82, 2.24) is 16.0 Å². The summed E-state index contributed by atoms with van der Waals surface area (Å²) < 4.78 is 0. The maximum absolute atomic E-state index is 12.6. The van der Waals surface area contributed by atoms with Gasteiger partial charge in [0.1, 0.15) is 18.1 Å². The number of thiol groups is 1. The van der Waals surface area contributed by atoms with E-state index in [4.69, 9.17) is 15.9 Å². The number of aliphatic carboxylic acids is 2. The van der Waals surface area contributed by atoms with Gasteiger partial charge in [-0.3, -0.25) is 19.2 Å². The Kier molecular flexibility index (Phi) is 13.2.